The number of primary sulfonamides is 1. The molecule has 0 aliphatic rings. The summed E-state index contributed by atoms with van der Waals surface area (Å²) in [4.78, 5) is 12.4. The quantitative estimate of drug-likeness (QED) is 0.585. The lowest BCUT2D eigenvalue weighted by Gasteiger charge is -2.14. The molecule has 0 aliphatic heterocycles. The van der Waals surface area contributed by atoms with Crippen LogP contribution in [0, 0.1) is 0 Å². The lowest BCUT2D eigenvalue weighted by Crippen LogP contribution is -2.21. The third-order valence-corrected chi connectivity index (χ3v) is 5.58. The Labute approximate surface area is 180 Å². The van der Waals surface area contributed by atoms with E-state index in [0.29, 0.717) is 16.7 Å². The minimum atomic E-state index is -4.91. The van der Waals surface area contributed by atoms with Crippen LogP contribution in [0.15, 0.2) is 53.6 Å². The van der Waals surface area contributed by atoms with Crippen LogP contribution in [-0.2, 0) is 22.6 Å². The Balaban J connectivity index is 2.03. The first kappa shape index (κ1) is 22.8. The molecule has 0 radical (unpaired) electrons. The van der Waals surface area contributed by atoms with Crippen LogP contribution in [0.4, 0.5) is 18.9 Å². The maximum absolute atomic E-state index is 13.8. The van der Waals surface area contributed by atoms with Crippen LogP contribution in [-0.4, -0.2) is 24.1 Å². The number of hydrogen-bond donors (Lipinski definition) is 2. The van der Waals surface area contributed by atoms with Crippen molar-refractivity contribution in [2.24, 2.45) is 5.14 Å². The summed E-state index contributed by atoms with van der Waals surface area (Å²) >= 11 is 5.85. The van der Waals surface area contributed by atoms with E-state index >= 15 is 0 Å². The standard InChI is InChI=1S/C19H16ClF3N4O3S/c1-2-11-6-7-13(9-16(11)31(24,29)30)26-18(28)15-10-25-27(17(15)19(21,22)23)14-5-3-4-12(20)8-14/h3-10H,2H2,1H3,(H,26,28)(H2,24,29,30). The first-order chi connectivity index (χ1) is 14.4. The third-order valence-electron chi connectivity index (χ3n) is 4.35. The molecule has 0 aliphatic carbocycles. The zero-order chi connectivity index (χ0) is 23.0. The highest BCUT2D eigenvalue weighted by atomic mass is 35.5. The summed E-state index contributed by atoms with van der Waals surface area (Å²) in [6.45, 7) is 1.71. The number of aromatic nitrogens is 2. The number of aryl methyl sites for hydroxylation is 1. The van der Waals surface area contributed by atoms with Gasteiger partial charge >= 0.3 is 6.18 Å². The highest BCUT2D eigenvalue weighted by molar-refractivity contribution is 7.89. The number of carbonyl (C=O) groups excluding carboxylic acids is 1. The number of nitrogens with two attached hydrogens (primary N) is 1. The molecule has 164 valence electrons. The number of rotatable bonds is 5. The Bertz CT molecular complexity index is 1260. The number of amides is 1. The van der Waals surface area contributed by atoms with Crippen molar-refractivity contribution >= 4 is 33.2 Å². The molecule has 0 bridgehead atoms. The molecule has 3 rings (SSSR count). The molecule has 1 aromatic heterocycles. The van der Waals surface area contributed by atoms with Crippen molar-refractivity contribution in [3.8, 4) is 5.69 Å². The Morgan fingerprint density at radius 1 is 1.23 bits per heavy atom. The van der Waals surface area contributed by atoms with Crippen molar-refractivity contribution < 1.29 is 26.4 Å². The Morgan fingerprint density at radius 2 is 1.94 bits per heavy atom. The van der Waals surface area contributed by atoms with Crippen LogP contribution in [0.5, 0.6) is 0 Å². The van der Waals surface area contributed by atoms with E-state index in [9.17, 15) is 26.4 Å². The van der Waals surface area contributed by atoms with Crippen LogP contribution in [0.3, 0.4) is 0 Å². The molecule has 3 N–H and O–H groups in total. The van der Waals surface area contributed by atoms with E-state index in [2.05, 4.69) is 10.4 Å². The van der Waals surface area contributed by atoms with Gasteiger partial charge in [-0.15, -0.1) is 0 Å². The minimum absolute atomic E-state index is 0.0164. The summed E-state index contributed by atoms with van der Waals surface area (Å²) in [6.07, 6.45) is -3.78. The van der Waals surface area contributed by atoms with Gasteiger partial charge in [-0.1, -0.05) is 30.7 Å². The number of hydrogen-bond acceptors (Lipinski definition) is 4. The zero-order valence-electron chi connectivity index (χ0n) is 15.9. The second-order valence-electron chi connectivity index (χ2n) is 6.47. The molecule has 0 fully saturated rings. The number of nitrogens with zero attached hydrogens (tertiary/aromatic N) is 2. The first-order valence-electron chi connectivity index (χ1n) is 8.80. The number of carbonyl (C=O) groups is 1. The summed E-state index contributed by atoms with van der Waals surface area (Å²) in [5, 5.41) is 11.4. The van der Waals surface area contributed by atoms with Gasteiger partial charge in [0.1, 0.15) is 0 Å². The molecular formula is C19H16ClF3N4O3S. The molecular weight excluding hydrogens is 457 g/mol. The summed E-state index contributed by atoms with van der Waals surface area (Å²) < 4.78 is 65.5. The number of benzene rings is 2. The van der Waals surface area contributed by atoms with E-state index < -0.39 is 33.4 Å². The van der Waals surface area contributed by atoms with E-state index in [1.807, 2.05) is 0 Å². The number of alkyl halides is 3. The van der Waals surface area contributed by atoms with E-state index in [-0.39, 0.29) is 21.3 Å². The topological polar surface area (TPSA) is 107 Å². The van der Waals surface area contributed by atoms with Crippen molar-refractivity contribution in [2.75, 3.05) is 5.32 Å². The van der Waals surface area contributed by atoms with E-state index in [1.165, 1.54) is 36.4 Å². The maximum atomic E-state index is 13.8. The van der Waals surface area contributed by atoms with E-state index in [0.717, 1.165) is 12.3 Å². The molecule has 31 heavy (non-hydrogen) atoms. The molecule has 7 nitrogen and oxygen atoms in total. The molecule has 0 saturated heterocycles. The van der Waals surface area contributed by atoms with Crippen LogP contribution < -0.4 is 10.5 Å². The Kier molecular flexibility index (Phi) is 6.12. The average Bonchev–Trinajstić information content (AvgIpc) is 3.13. The van der Waals surface area contributed by atoms with Gasteiger partial charge in [-0.3, -0.25) is 4.79 Å². The molecule has 0 unspecified atom stereocenters. The SMILES string of the molecule is CCc1ccc(NC(=O)c2cnn(-c3cccc(Cl)c3)c2C(F)(F)F)cc1S(N)(=O)=O. The number of anilines is 1. The second kappa shape index (κ2) is 8.33. The van der Waals surface area contributed by atoms with Gasteiger partial charge in [-0.05, 0) is 42.3 Å². The minimum Gasteiger partial charge on any atom is -0.322 e. The van der Waals surface area contributed by atoms with Crippen molar-refractivity contribution in [3.05, 3.63) is 70.5 Å². The molecule has 12 heteroatoms. The fourth-order valence-electron chi connectivity index (χ4n) is 2.98. The van der Waals surface area contributed by atoms with Crippen LogP contribution >= 0.6 is 11.6 Å². The molecule has 1 amide bonds. The van der Waals surface area contributed by atoms with Crippen LogP contribution in [0.25, 0.3) is 5.69 Å². The van der Waals surface area contributed by atoms with Crippen LogP contribution in [0.1, 0.15) is 28.5 Å². The zero-order valence-corrected chi connectivity index (χ0v) is 17.5. The molecule has 0 spiro atoms. The van der Waals surface area contributed by atoms with Gasteiger partial charge in [-0.25, -0.2) is 18.2 Å². The van der Waals surface area contributed by atoms with Gasteiger partial charge in [0.05, 0.1) is 22.3 Å². The molecule has 0 saturated carbocycles. The third kappa shape index (κ3) is 4.89. The van der Waals surface area contributed by atoms with Gasteiger partial charge < -0.3 is 5.32 Å². The van der Waals surface area contributed by atoms with Crippen LogP contribution in [0.2, 0.25) is 5.02 Å². The normalized spacial score (nSPS) is 12.1. The molecule has 3 aromatic rings. The van der Waals surface area contributed by atoms with Crippen molar-refractivity contribution in [3.63, 3.8) is 0 Å². The largest absolute Gasteiger partial charge is 0.434 e. The lowest BCUT2D eigenvalue weighted by atomic mass is 10.1. The van der Waals surface area contributed by atoms with Crippen molar-refractivity contribution in [2.45, 2.75) is 24.4 Å². The second-order valence-corrected chi connectivity index (χ2v) is 8.44. The summed E-state index contributed by atoms with van der Waals surface area (Å²) in [5.74, 6) is -1.12. The fraction of sp³-hybridized carbons (Fsp3) is 0.158. The summed E-state index contributed by atoms with van der Waals surface area (Å²) in [7, 11) is -4.10. The van der Waals surface area contributed by atoms with Crippen molar-refractivity contribution in [1.29, 1.82) is 0 Å². The van der Waals surface area contributed by atoms with Crippen molar-refractivity contribution in [1.82, 2.24) is 9.78 Å². The molecule has 0 atom stereocenters. The monoisotopic (exact) mass is 472 g/mol. The molecule has 1 heterocycles. The number of nitrogens with one attached hydrogen (secondary N) is 1. The predicted octanol–water partition coefficient (Wildman–Crippen LogP) is 4.01. The Morgan fingerprint density at radius 3 is 2.52 bits per heavy atom. The molecule has 2 aromatic carbocycles. The summed E-state index contributed by atoms with van der Waals surface area (Å²) in [6, 6.07) is 9.46. The lowest BCUT2D eigenvalue weighted by molar-refractivity contribution is -0.143. The average molecular weight is 473 g/mol. The Hall–Kier alpha value is -2.89. The fourth-order valence-corrected chi connectivity index (χ4v) is 4.03. The highest BCUT2D eigenvalue weighted by Gasteiger charge is 2.40. The van der Waals surface area contributed by atoms with Gasteiger partial charge in [0.2, 0.25) is 10.0 Å². The predicted molar refractivity (Wildman–Crippen MR) is 109 cm³/mol. The van der Waals surface area contributed by atoms with Gasteiger partial charge in [0.15, 0.2) is 5.69 Å². The van der Waals surface area contributed by atoms with E-state index in [1.54, 1.807) is 6.92 Å². The highest BCUT2D eigenvalue weighted by Crippen LogP contribution is 2.34. The maximum Gasteiger partial charge on any atom is 0.434 e. The smallest absolute Gasteiger partial charge is 0.322 e. The van der Waals surface area contributed by atoms with Gasteiger partial charge in [0, 0.05) is 10.7 Å². The van der Waals surface area contributed by atoms with Gasteiger partial charge in [0.25, 0.3) is 5.91 Å². The number of sulfonamides is 1. The summed E-state index contributed by atoms with van der Waals surface area (Å²) in [5.41, 5.74) is -1.66. The number of halogens is 4. The van der Waals surface area contributed by atoms with Gasteiger partial charge in [-0.2, -0.15) is 18.3 Å². The first-order valence-corrected chi connectivity index (χ1v) is 10.7. The van der Waals surface area contributed by atoms with E-state index in [4.69, 9.17) is 16.7 Å².